The van der Waals surface area contributed by atoms with Crippen molar-refractivity contribution in [2.24, 2.45) is 0 Å². The predicted octanol–water partition coefficient (Wildman–Crippen LogP) is 6.71. The summed E-state index contributed by atoms with van der Waals surface area (Å²) in [6.45, 7) is 5.81. The molecule has 0 aromatic heterocycles. The van der Waals surface area contributed by atoms with E-state index in [9.17, 15) is 18.0 Å². The molecule has 0 spiro atoms. The highest BCUT2D eigenvalue weighted by atomic mass is 32.2. The Balaban J connectivity index is 1.71. The summed E-state index contributed by atoms with van der Waals surface area (Å²) < 4.78 is 40.7. The third-order valence-corrected chi connectivity index (χ3v) is 9.51. The lowest BCUT2D eigenvalue weighted by Crippen LogP contribution is -2.52. The number of hydrogen-bond acceptors (Lipinski definition) is 6. The highest BCUT2D eigenvalue weighted by Crippen LogP contribution is 2.29. The average molecular weight is 658 g/mol. The Kier molecular flexibility index (Phi) is 12.4. The molecule has 0 bridgehead atoms. The van der Waals surface area contributed by atoms with Crippen LogP contribution in [0.25, 0.3) is 0 Å². The molecule has 4 rings (SSSR count). The van der Waals surface area contributed by atoms with Crippen molar-refractivity contribution in [3.63, 3.8) is 0 Å². The topological polar surface area (TPSA) is 105 Å². The molecule has 4 aromatic rings. The van der Waals surface area contributed by atoms with Gasteiger partial charge in [-0.15, -0.1) is 0 Å². The van der Waals surface area contributed by atoms with Crippen LogP contribution >= 0.6 is 0 Å². The SMILES string of the molecule is CCCCNC(=O)[C@@H](CC)N(Cc1ccc(OC)cc1)C(=O)CN(c1ccc(Oc2ccccc2)cc1)S(=O)(=O)c1ccc(C)cc1. The second kappa shape index (κ2) is 16.6. The van der Waals surface area contributed by atoms with Crippen molar-refractivity contribution in [1.29, 1.82) is 0 Å². The molecule has 248 valence electrons. The molecular formula is C37H43N3O6S. The van der Waals surface area contributed by atoms with Gasteiger partial charge in [-0.3, -0.25) is 13.9 Å². The number of rotatable bonds is 16. The minimum Gasteiger partial charge on any atom is -0.497 e. The normalized spacial score (nSPS) is 11.7. The Morgan fingerprint density at radius 3 is 2.02 bits per heavy atom. The van der Waals surface area contributed by atoms with Gasteiger partial charge in [0.2, 0.25) is 11.8 Å². The van der Waals surface area contributed by atoms with Crippen LogP contribution in [-0.4, -0.2) is 51.4 Å². The number of benzene rings is 4. The second-order valence-electron chi connectivity index (χ2n) is 11.2. The number of carbonyl (C=O) groups is 2. The van der Waals surface area contributed by atoms with Crippen LogP contribution in [0.2, 0.25) is 0 Å². The van der Waals surface area contributed by atoms with Gasteiger partial charge in [-0.05, 0) is 86.0 Å². The summed E-state index contributed by atoms with van der Waals surface area (Å²) in [6, 6.07) is 28.7. The predicted molar refractivity (Wildman–Crippen MR) is 184 cm³/mol. The van der Waals surface area contributed by atoms with E-state index in [2.05, 4.69) is 5.32 Å². The zero-order valence-corrected chi connectivity index (χ0v) is 28.2. The number of carbonyl (C=O) groups excluding carboxylic acids is 2. The van der Waals surface area contributed by atoms with E-state index >= 15 is 0 Å². The van der Waals surface area contributed by atoms with Crippen LogP contribution < -0.4 is 19.1 Å². The molecule has 0 fully saturated rings. The molecule has 0 radical (unpaired) electrons. The molecule has 9 nitrogen and oxygen atoms in total. The van der Waals surface area contributed by atoms with Gasteiger partial charge in [0.05, 0.1) is 17.7 Å². The van der Waals surface area contributed by atoms with E-state index in [1.807, 2.05) is 63.2 Å². The Morgan fingerprint density at radius 2 is 1.43 bits per heavy atom. The Morgan fingerprint density at radius 1 is 0.809 bits per heavy atom. The first kappa shape index (κ1) is 35.0. The van der Waals surface area contributed by atoms with Crippen molar-refractivity contribution < 1.29 is 27.5 Å². The van der Waals surface area contributed by atoms with Gasteiger partial charge in [0.15, 0.2) is 0 Å². The van der Waals surface area contributed by atoms with Crippen LogP contribution in [0.1, 0.15) is 44.2 Å². The van der Waals surface area contributed by atoms with Gasteiger partial charge >= 0.3 is 0 Å². The molecule has 0 unspecified atom stereocenters. The van der Waals surface area contributed by atoms with E-state index < -0.39 is 28.5 Å². The second-order valence-corrected chi connectivity index (χ2v) is 13.0. The minimum absolute atomic E-state index is 0.0477. The number of hydrogen-bond donors (Lipinski definition) is 1. The lowest BCUT2D eigenvalue weighted by atomic mass is 10.1. The van der Waals surface area contributed by atoms with Crippen molar-refractivity contribution in [2.45, 2.75) is 57.5 Å². The molecular weight excluding hydrogens is 614 g/mol. The summed E-state index contributed by atoms with van der Waals surface area (Å²) in [6.07, 6.45) is 2.06. The highest BCUT2D eigenvalue weighted by molar-refractivity contribution is 7.92. The Hall–Kier alpha value is -4.83. The summed E-state index contributed by atoms with van der Waals surface area (Å²) in [7, 11) is -2.62. The third-order valence-electron chi connectivity index (χ3n) is 7.72. The van der Waals surface area contributed by atoms with Crippen LogP contribution in [0, 0.1) is 6.92 Å². The molecule has 4 aromatic carbocycles. The first-order chi connectivity index (χ1) is 22.7. The monoisotopic (exact) mass is 657 g/mol. The summed E-state index contributed by atoms with van der Waals surface area (Å²) >= 11 is 0. The first-order valence-electron chi connectivity index (χ1n) is 15.8. The van der Waals surface area contributed by atoms with Crippen molar-refractivity contribution in [3.05, 3.63) is 114 Å². The van der Waals surface area contributed by atoms with E-state index in [1.165, 1.54) is 17.0 Å². The van der Waals surface area contributed by atoms with Crippen LogP contribution in [0.3, 0.4) is 0 Å². The number of aryl methyl sites for hydroxylation is 1. The number of nitrogens with one attached hydrogen (secondary N) is 1. The number of unbranched alkanes of at least 4 members (excludes halogenated alkanes) is 1. The van der Waals surface area contributed by atoms with Gasteiger partial charge in [-0.1, -0.05) is 68.3 Å². The number of para-hydroxylation sites is 1. The van der Waals surface area contributed by atoms with Crippen molar-refractivity contribution in [1.82, 2.24) is 10.2 Å². The van der Waals surface area contributed by atoms with Crippen LogP contribution in [0.5, 0.6) is 17.2 Å². The van der Waals surface area contributed by atoms with Crippen LogP contribution in [-0.2, 0) is 26.2 Å². The van der Waals surface area contributed by atoms with E-state index in [0.717, 1.165) is 28.3 Å². The lowest BCUT2D eigenvalue weighted by molar-refractivity contribution is -0.140. The lowest BCUT2D eigenvalue weighted by Gasteiger charge is -2.33. The van der Waals surface area contributed by atoms with E-state index in [-0.39, 0.29) is 23.0 Å². The fraction of sp³-hybridized carbons (Fsp3) is 0.297. The summed E-state index contributed by atoms with van der Waals surface area (Å²) in [5, 5.41) is 2.95. The molecule has 0 aliphatic heterocycles. The van der Waals surface area contributed by atoms with Crippen LogP contribution in [0.4, 0.5) is 5.69 Å². The molecule has 1 N–H and O–H groups in total. The van der Waals surface area contributed by atoms with Gasteiger partial charge in [-0.2, -0.15) is 0 Å². The van der Waals surface area contributed by atoms with Gasteiger partial charge in [0, 0.05) is 13.1 Å². The average Bonchev–Trinajstić information content (AvgIpc) is 3.08. The van der Waals surface area contributed by atoms with E-state index in [0.29, 0.717) is 30.2 Å². The molecule has 0 saturated heterocycles. The zero-order valence-electron chi connectivity index (χ0n) is 27.4. The van der Waals surface area contributed by atoms with E-state index in [1.54, 1.807) is 55.6 Å². The molecule has 2 amide bonds. The maximum absolute atomic E-state index is 14.3. The zero-order chi connectivity index (χ0) is 33.8. The fourth-order valence-corrected chi connectivity index (χ4v) is 6.44. The summed E-state index contributed by atoms with van der Waals surface area (Å²) in [5.74, 6) is 1.01. The van der Waals surface area contributed by atoms with Gasteiger partial charge in [0.1, 0.15) is 29.8 Å². The molecule has 0 heterocycles. The third kappa shape index (κ3) is 9.36. The molecule has 0 aliphatic carbocycles. The molecule has 47 heavy (non-hydrogen) atoms. The minimum atomic E-state index is -4.20. The molecule has 0 aliphatic rings. The number of anilines is 1. The number of nitrogens with zero attached hydrogens (tertiary/aromatic N) is 2. The first-order valence-corrected chi connectivity index (χ1v) is 17.2. The van der Waals surface area contributed by atoms with Gasteiger partial charge < -0.3 is 19.7 Å². The summed E-state index contributed by atoms with van der Waals surface area (Å²) in [5.41, 5.74) is 1.96. The largest absolute Gasteiger partial charge is 0.497 e. The van der Waals surface area contributed by atoms with E-state index in [4.69, 9.17) is 9.47 Å². The highest BCUT2D eigenvalue weighted by Gasteiger charge is 2.33. The number of methoxy groups -OCH3 is 1. The smallest absolute Gasteiger partial charge is 0.264 e. The fourth-order valence-electron chi connectivity index (χ4n) is 5.02. The Bertz CT molecular complexity index is 1690. The molecule has 0 saturated carbocycles. The molecule has 10 heteroatoms. The Labute approximate surface area is 278 Å². The van der Waals surface area contributed by atoms with Gasteiger partial charge in [-0.25, -0.2) is 8.42 Å². The number of ether oxygens (including phenoxy) is 2. The van der Waals surface area contributed by atoms with Crippen molar-refractivity contribution >= 4 is 27.5 Å². The maximum Gasteiger partial charge on any atom is 0.264 e. The number of sulfonamides is 1. The van der Waals surface area contributed by atoms with Gasteiger partial charge in [0.25, 0.3) is 10.0 Å². The number of amides is 2. The van der Waals surface area contributed by atoms with Crippen LogP contribution in [0.15, 0.2) is 108 Å². The van der Waals surface area contributed by atoms with Crippen molar-refractivity contribution in [3.8, 4) is 17.2 Å². The summed E-state index contributed by atoms with van der Waals surface area (Å²) in [4.78, 5) is 29.2. The van der Waals surface area contributed by atoms with Crippen molar-refractivity contribution in [2.75, 3.05) is 24.5 Å². The maximum atomic E-state index is 14.3. The molecule has 1 atom stereocenters. The standard InChI is InChI=1S/C37H43N3O6S/c1-5-7-25-38-37(42)35(6-2)39(26-29-15-19-31(45-4)20-16-29)36(41)27-40(47(43,44)34-23-13-28(3)14-24-34)30-17-21-33(22-18-30)46-32-11-9-8-10-12-32/h8-24,35H,5-7,25-27H2,1-4H3,(H,38,42)/t35-/m1/s1. The quantitative estimate of drug-likeness (QED) is 0.134.